The van der Waals surface area contributed by atoms with E-state index in [0.29, 0.717) is 13.0 Å². The summed E-state index contributed by atoms with van der Waals surface area (Å²) in [6, 6.07) is 13.5. The van der Waals surface area contributed by atoms with Crippen LogP contribution < -0.4 is 16.8 Å². The summed E-state index contributed by atoms with van der Waals surface area (Å²) < 4.78 is 1.17. The number of thiazole rings is 1. The maximum atomic E-state index is 12.3. The summed E-state index contributed by atoms with van der Waals surface area (Å²) in [7, 11) is 0. The van der Waals surface area contributed by atoms with E-state index in [0.717, 1.165) is 40.2 Å². The smallest absolute Gasteiger partial charge is 0.241 e. The largest absolute Gasteiger partial charge is 0.330 e. The first-order valence-corrected chi connectivity index (χ1v) is 9.63. The van der Waals surface area contributed by atoms with Crippen molar-refractivity contribution < 1.29 is 4.79 Å². The maximum absolute atomic E-state index is 12.3. The average Bonchev–Trinajstić information content (AvgIpc) is 3.07. The lowest BCUT2D eigenvalue weighted by molar-refractivity contribution is -0.117. The van der Waals surface area contributed by atoms with Crippen LogP contribution in [0.5, 0.6) is 0 Å². The van der Waals surface area contributed by atoms with Gasteiger partial charge in [0.15, 0.2) is 0 Å². The number of aromatic nitrogens is 1. The Labute approximate surface area is 169 Å². The van der Waals surface area contributed by atoms with Crippen molar-refractivity contribution in [3.05, 3.63) is 48.0 Å². The molecule has 27 heavy (non-hydrogen) atoms. The molecule has 1 amide bonds. The Morgan fingerprint density at radius 1 is 1.22 bits per heavy atom. The lowest BCUT2D eigenvalue weighted by Crippen LogP contribution is -2.35. The monoisotopic (exact) mass is 404 g/mol. The summed E-state index contributed by atoms with van der Waals surface area (Å²) in [5.41, 5.74) is 15.3. The lowest BCUT2D eigenvalue weighted by Gasteiger charge is -2.14. The number of unbranched alkanes of at least 4 members (excludes halogenated alkanes) is 1. The van der Waals surface area contributed by atoms with Crippen molar-refractivity contribution in [2.45, 2.75) is 32.2 Å². The zero-order valence-corrected chi connectivity index (χ0v) is 16.9. The number of nitrogens with one attached hydrogen (secondary N) is 1. The van der Waals surface area contributed by atoms with Crippen LogP contribution >= 0.6 is 23.7 Å². The van der Waals surface area contributed by atoms with E-state index in [9.17, 15) is 4.79 Å². The summed E-state index contributed by atoms with van der Waals surface area (Å²) in [6.45, 7) is 2.60. The summed E-state index contributed by atoms with van der Waals surface area (Å²) in [4.78, 5) is 16.9. The molecule has 5 N–H and O–H groups in total. The van der Waals surface area contributed by atoms with Gasteiger partial charge in [0.25, 0.3) is 0 Å². The van der Waals surface area contributed by atoms with E-state index in [-0.39, 0.29) is 18.3 Å². The number of nitrogens with two attached hydrogens (primary N) is 2. The van der Waals surface area contributed by atoms with Crippen molar-refractivity contribution in [1.82, 2.24) is 4.98 Å². The van der Waals surface area contributed by atoms with Crippen LogP contribution in [0.2, 0.25) is 0 Å². The summed E-state index contributed by atoms with van der Waals surface area (Å²) >= 11 is 1.67. The van der Waals surface area contributed by atoms with Crippen molar-refractivity contribution >= 4 is 45.6 Å². The predicted octanol–water partition coefficient (Wildman–Crippen LogP) is 4.09. The van der Waals surface area contributed by atoms with Gasteiger partial charge in [0.1, 0.15) is 5.01 Å². The van der Waals surface area contributed by atoms with E-state index in [4.69, 9.17) is 11.5 Å². The molecule has 7 heteroatoms. The van der Waals surface area contributed by atoms with Crippen LogP contribution in [0.4, 0.5) is 5.69 Å². The van der Waals surface area contributed by atoms with Crippen LogP contribution in [-0.2, 0) is 4.79 Å². The molecule has 1 heterocycles. The number of hydrogen-bond donors (Lipinski definition) is 3. The number of rotatable bonds is 7. The third kappa shape index (κ3) is 5.26. The minimum atomic E-state index is -0.509. The molecule has 3 aromatic rings. The molecule has 0 aliphatic rings. The predicted molar refractivity (Wildman–Crippen MR) is 117 cm³/mol. The summed E-state index contributed by atoms with van der Waals surface area (Å²) in [5, 5.41) is 3.91. The molecule has 2 aromatic carbocycles. The number of anilines is 1. The number of nitrogens with zero attached hydrogens (tertiary/aromatic N) is 1. The van der Waals surface area contributed by atoms with Crippen LogP contribution in [0.1, 0.15) is 24.8 Å². The molecule has 1 atom stereocenters. The topological polar surface area (TPSA) is 94.0 Å². The fourth-order valence-corrected chi connectivity index (χ4v) is 3.76. The fourth-order valence-electron chi connectivity index (χ4n) is 2.80. The third-order valence-electron chi connectivity index (χ3n) is 4.33. The van der Waals surface area contributed by atoms with Crippen LogP contribution in [0.25, 0.3) is 20.8 Å². The zero-order valence-electron chi connectivity index (χ0n) is 15.3. The normalized spacial score (nSPS) is 11.8. The van der Waals surface area contributed by atoms with Crippen molar-refractivity contribution in [1.29, 1.82) is 0 Å². The lowest BCUT2D eigenvalue weighted by atomic mass is 10.1. The van der Waals surface area contributed by atoms with E-state index in [2.05, 4.69) is 16.4 Å². The van der Waals surface area contributed by atoms with Gasteiger partial charge in [-0.15, -0.1) is 23.7 Å². The molecule has 0 saturated carbocycles. The minimum Gasteiger partial charge on any atom is -0.330 e. The van der Waals surface area contributed by atoms with Gasteiger partial charge in [-0.3, -0.25) is 4.79 Å². The Hall–Kier alpha value is -1.99. The number of aryl methyl sites for hydroxylation is 1. The van der Waals surface area contributed by atoms with E-state index in [1.807, 2.05) is 43.3 Å². The van der Waals surface area contributed by atoms with Crippen LogP contribution in [0, 0.1) is 6.92 Å². The molecule has 5 nitrogen and oxygen atoms in total. The summed E-state index contributed by atoms with van der Waals surface area (Å²) in [5.74, 6) is -0.155. The SMILES string of the molecule is Cc1cc(-c2nc3ccccc3s2)ccc1NC(=O)[C@@H](N)CCCCN.Cl. The standard InChI is InChI=1S/C20H24N4OS.ClH/c1-13-12-14(20-24-17-7-2-3-8-18(17)26-20)9-10-16(13)23-19(25)15(22)6-4-5-11-21;/h2-3,7-10,12,15H,4-6,11,21-22H2,1H3,(H,23,25);1H/t15-;/m0./s1. The number of fused-ring (bicyclic) bond motifs is 1. The van der Waals surface area contributed by atoms with E-state index >= 15 is 0 Å². The molecule has 0 spiro atoms. The molecule has 0 unspecified atom stereocenters. The second-order valence-corrected chi connectivity index (χ2v) is 7.43. The van der Waals surface area contributed by atoms with Gasteiger partial charge in [-0.2, -0.15) is 0 Å². The number of para-hydroxylation sites is 1. The Balaban J connectivity index is 0.00000261. The molecule has 0 saturated heterocycles. The van der Waals surface area contributed by atoms with Gasteiger partial charge in [0.2, 0.25) is 5.91 Å². The highest BCUT2D eigenvalue weighted by Crippen LogP contribution is 2.31. The van der Waals surface area contributed by atoms with Crippen molar-refractivity contribution in [2.75, 3.05) is 11.9 Å². The fraction of sp³-hybridized carbons (Fsp3) is 0.300. The first-order chi connectivity index (χ1) is 12.6. The van der Waals surface area contributed by atoms with E-state index in [1.165, 1.54) is 4.70 Å². The number of benzene rings is 2. The van der Waals surface area contributed by atoms with Gasteiger partial charge < -0.3 is 16.8 Å². The highest BCUT2D eigenvalue weighted by molar-refractivity contribution is 7.21. The molecule has 0 aliphatic heterocycles. The molecular weight excluding hydrogens is 380 g/mol. The maximum Gasteiger partial charge on any atom is 0.241 e. The Morgan fingerprint density at radius 2 is 2.00 bits per heavy atom. The van der Waals surface area contributed by atoms with Gasteiger partial charge >= 0.3 is 0 Å². The number of hydrogen-bond acceptors (Lipinski definition) is 5. The van der Waals surface area contributed by atoms with E-state index in [1.54, 1.807) is 11.3 Å². The second-order valence-electron chi connectivity index (χ2n) is 6.40. The van der Waals surface area contributed by atoms with Crippen molar-refractivity contribution in [2.24, 2.45) is 11.5 Å². The van der Waals surface area contributed by atoms with Gasteiger partial charge in [-0.1, -0.05) is 18.6 Å². The minimum absolute atomic E-state index is 0. The number of carbonyl (C=O) groups is 1. The molecule has 0 radical (unpaired) electrons. The number of halogens is 1. The van der Waals surface area contributed by atoms with Crippen molar-refractivity contribution in [3.8, 4) is 10.6 Å². The quantitative estimate of drug-likeness (QED) is 0.517. The van der Waals surface area contributed by atoms with Gasteiger partial charge in [0.05, 0.1) is 16.3 Å². The molecule has 3 rings (SSSR count). The Bertz CT molecular complexity index is 879. The molecule has 0 bridgehead atoms. The highest BCUT2D eigenvalue weighted by Gasteiger charge is 2.15. The second kappa shape index (κ2) is 9.80. The average molecular weight is 405 g/mol. The van der Waals surface area contributed by atoms with Crippen LogP contribution in [-0.4, -0.2) is 23.5 Å². The van der Waals surface area contributed by atoms with Crippen LogP contribution in [0.3, 0.4) is 0 Å². The Kier molecular flexibility index (Phi) is 7.74. The number of amides is 1. The van der Waals surface area contributed by atoms with E-state index < -0.39 is 6.04 Å². The molecular formula is C20H25ClN4OS. The molecule has 0 aliphatic carbocycles. The number of carbonyl (C=O) groups excluding carboxylic acids is 1. The van der Waals surface area contributed by atoms with Crippen LogP contribution in [0.15, 0.2) is 42.5 Å². The van der Waals surface area contributed by atoms with Gasteiger partial charge in [-0.25, -0.2) is 4.98 Å². The summed E-state index contributed by atoms with van der Waals surface area (Å²) in [6.07, 6.45) is 2.39. The van der Waals surface area contributed by atoms with Gasteiger partial charge in [-0.05, 0) is 62.2 Å². The molecule has 0 fully saturated rings. The Morgan fingerprint density at radius 3 is 2.70 bits per heavy atom. The third-order valence-corrected chi connectivity index (χ3v) is 5.42. The first kappa shape index (κ1) is 21.3. The first-order valence-electron chi connectivity index (χ1n) is 8.81. The molecule has 144 valence electrons. The zero-order chi connectivity index (χ0) is 18.5. The van der Waals surface area contributed by atoms with Gasteiger partial charge in [0, 0.05) is 11.3 Å². The highest BCUT2D eigenvalue weighted by atomic mass is 35.5. The molecule has 1 aromatic heterocycles. The van der Waals surface area contributed by atoms with Crippen molar-refractivity contribution in [3.63, 3.8) is 0 Å².